The van der Waals surface area contributed by atoms with E-state index in [0.29, 0.717) is 24.3 Å². The van der Waals surface area contributed by atoms with Gasteiger partial charge in [0, 0.05) is 24.6 Å². The maximum absolute atomic E-state index is 11.5. The zero-order valence-electron chi connectivity index (χ0n) is 13.3. The molecular formula is C17H26IN3OS. The van der Waals surface area contributed by atoms with Crippen LogP contribution in [0.15, 0.2) is 4.99 Å². The van der Waals surface area contributed by atoms with Crippen molar-refractivity contribution in [1.82, 2.24) is 4.90 Å². The van der Waals surface area contributed by atoms with E-state index in [2.05, 4.69) is 4.90 Å². The number of nitrogens with two attached hydrogens (primary N) is 1. The number of fused-ring (bicyclic) bond motifs is 2. The number of halogens is 1. The predicted octanol–water partition coefficient (Wildman–Crippen LogP) is 1.48. The first-order valence-electron chi connectivity index (χ1n) is 9.05. The van der Waals surface area contributed by atoms with Crippen molar-refractivity contribution in [3.05, 3.63) is 0 Å². The Labute approximate surface area is 159 Å². The van der Waals surface area contributed by atoms with Crippen molar-refractivity contribution >= 4 is 41.7 Å². The molecule has 1 aliphatic heterocycles. The van der Waals surface area contributed by atoms with Gasteiger partial charge in [-0.05, 0) is 60.2 Å². The van der Waals surface area contributed by atoms with E-state index in [0.717, 1.165) is 60.1 Å². The maximum Gasteiger partial charge on any atom is 0.191 e. The van der Waals surface area contributed by atoms with Crippen molar-refractivity contribution in [3.63, 3.8) is 0 Å². The summed E-state index contributed by atoms with van der Waals surface area (Å²) in [6, 6.07) is 0. The highest BCUT2D eigenvalue weighted by Gasteiger charge is 2.84. The van der Waals surface area contributed by atoms with Gasteiger partial charge in [0.05, 0.1) is 12.1 Å². The normalized spacial score (nSPS) is 57.8. The molecule has 6 fully saturated rings. The molecule has 9 atom stereocenters. The minimum absolute atomic E-state index is 0. The predicted molar refractivity (Wildman–Crippen MR) is 103 cm³/mol. The van der Waals surface area contributed by atoms with Gasteiger partial charge in [-0.25, -0.2) is 0 Å². The van der Waals surface area contributed by atoms with Crippen LogP contribution in [0.1, 0.15) is 12.8 Å². The molecule has 0 aromatic rings. The highest BCUT2D eigenvalue weighted by Crippen LogP contribution is 2.85. The van der Waals surface area contributed by atoms with Gasteiger partial charge in [0.15, 0.2) is 5.96 Å². The average molecular weight is 447 g/mol. The lowest BCUT2D eigenvalue weighted by atomic mass is 9.56. The smallest absolute Gasteiger partial charge is 0.191 e. The third-order valence-electron chi connectivity index (χ3n) is 8.35. The van der Waals surface area contributed by atoms with E-state index in [9.17, 15) is 5.11 Å². The Balaban J connectivity index is 0.00000121. The van der Waals surface area contributed by atoms with Gasteiger partial charge in [-0.2, -0.15) is 11.8 Å². The molecule has 0 amide bonds. The zero-order chi connectivity index (χ0) is 14.6. The first-order chi connectivity index (χ1) is 10.7. The number of guanidine groups is 1. The van der Waals surface area contributed by atoms with Crippen molar-refractivity contribution in [2.24, 2.45) is 58.1 Å². The fraction of sp³-hybridized carbons (Fsp3) is 0.941. The minimum atomic E-state index is -0.514. The molecule has 5 aliphatic carbocycles. The monoisotopic (exact) mass is 447 g/mol. The standard InChI is InChI=1S/C17H25N3OS.HI/c18-16(20-1-3-22-4-2-20)19-7-17(21)14-9-6-10-12-8(9)5-11(14)13(12)15(10)17;/h8-15,21H,1-7H2,(H2,18,19);1H. The number of thioether (sulfide) groups is 1. The Morgan fingerprint density at radius 2 is 1.78 bits per heavy atom. The molecule has 6 rings (SSSR count). The molecular weight excluding hydrogens is 421 g/mol. The lowest BCUT2D eigenvalue weighted by Crippen LogP contribution is -2.56. The van der Waals surface area contributed by atoms with Crippen molar-refractivity contribution in [1.29, 1.82) is 0 Å². The van der Waals surface area contributed by atoms with E-state index >= 15 is 0 Å². The van der Waals surface area contributed by atoms with E-state index in [4.69, 9.17) is 10.7 Å². The molecule has 23 heavy (non-hydrogen) atoms. The van der Waals surface area contributed by atoms with Gasteiger partial charge in [0.1, 0.15) is 0 Å². The Bertz CT molecular complexity index is 562. The Hall–Kier alpha value is 0.310. The summed E-state index contributed by atoms with van der Waals surface area (Å²) in [5.41, 5.74) is 5.71. The van der Waals surface area contributed by atoms with Gasteiger partial charge in [-0.15, -0.1) is 24.0 Å². The Kier molecular flexibility index (Phi) is 3.34. The number of aliphatic imine (C=N–C) groups is 1. The van der Waals surface area contributed by atoms with E-state index in [-0.39, 0.29) is 24.0 Å². The van der Waals surface area contributed by atoms with Crippen LogP contribution in [-0.4, -0.2) is 52.7 Å². The summed E-state index contributed by atoms with van der Waals surface area (Å²) >= 11 is 1.99. The second-order valence-electron chi connectivity index (χ2n) is 8.60. The van der Waals surface area contributed by atoms with Crippen LogP contribution in [0, 0.1) is 47.3 Å². The highest BCUT2D eigenvalue weighted by molar-refractivity contribution is 14.0. The lowest BCUT2D eigenvalue weighted by molar-refractivity contribution is -0.123. The van der Waals surface area contributed by atoms with Crippen LogP contribution in [0.5, 0.6) is 0 Å². The summed E-state index contributed by atoms with van der Waals surface area (Å²) in [5, 5.41) is 11.5. The summed E-state index contributed by atoms with van der Waals surface area (Å²) in [6.07, 6.45) is 2.84. The number of hydrogen-bond acceptors (Lipinski definition) is 3. The van der Waals surface area contributed by atoms with E-state index in [1.807, 2.05) is 11.8 Å². The van der Waals surface area contributed by atoms with Crippen LogP contribution in [-0.2, 0) is 0 Å². The van der Waals surface area contributed by atoms with Gasteiger partial charge >= 0.3 is 0 Å². The highest BCUT2D eigenvalue weighted by atomic mass is 127. The van der Waals surface area contributed by atoms with Gasteiger partial charge in [0.25, 0.3) is 0 Å². The Morgan fingerprint density at radius 3 is 2.57 bits per heavy atom. The van der Waals surface area contributed by atoms with E-state index < -0.39 is 5.60 Å². The van der Waals surface area contributed by atoms with Gasteiger partial charge in [-0.1, -0.05) is 0 Å². The summed E-state index contributed by atoms with van der Waals surface area (Å²) in [4.78, 5) is 6.91. The molecule has 2 bridgehead atoms. The molecule has 5 saturated carbocycles. The van der Waals surface area contributed by atoms with Crippen LogP contribution in [0.3, 0.4) is 0 Å². The molecule has 9 unspecified atom stereocenters. The van der Waals surface area contributed by atoms with Gasteiger partial charge in [0.2, 0.25) is 0 Å². The van der Waals surface area contributed by atoms with Gasteiger partial charge in [-0.3, -0.25) is 4.99 Å². The van der Waals surface area contributed by atoms with Crippen LogP contribution in [0.2, 0.25) is 0 Å². The largest absolute Gasteiger partial charge is 0.387 e. The molecule has 0 aromatic carbocycles. The van der Waals surface area contributed by atoms with Crippen molar-refractivity contribution < 1.29 is 5.11 Å². The third kappa shape index (κ3) is 1.67. The van der Waals surface area contributed by atoms with Crippen LogP contribution in [0.4, 0.5) is 0 Å². The first kappa shape index (κ1) is 15.6. The molecule has 0 aromatic heterocycles. The second kappa shape index (κ2) is 4.93. The fourth-order valence-electron chi connectivity index (χ4n) is 8.04. The molecule has 6 aliphatic rings. The van der Waals surface area contributed by atoms with Gasteiger partial charge < -0.3 is 15.7 Å². The maximum atomic E-state index is 11.5. The number of nitrogens with zero attached hydrogens (tertiary/aromatic N) is 2. The van der Waals surface area contributed by atoms with Crippen molar-refractivity contribution in [3.8, 4) is 0 Å². The molecule has 128 valence electrons. The van der Waals surface area contributed by atoms with Crippen LogP contribution >= 0.6 is 35.7 Å². The molecule has 0 spiro atoms. The number of aliphatic hydroxyl groups is 1. The third-order valence-corrected chi connectivity index (χ3v) is 9.29. The zero-order valence-corrected chi connectivity index (χ0v) is 16.5. The number of rotatable bonds is 2. The Morgan fingerprint density at radius 1 is 1.09 bits per heavy atom. The molecule has 1 saturated heterocycles. The summed E-state index contributed by atoms with van der Waals surface area (Å²) < 4.78 is 0. The summed E-state index contributed by atoms with van der Waals surface area (Å²) in [5.74, 6) is 9.36. The van der Waals surface area contributed by atoms with Crippen LogP contribution in [0.25, 0.3) is 0 Å². The average Bonchev–Trinajstić information content (AvgIpc) is 3.04. The first-order valence-corrected chi connectivity index (χ1v) is 10.2. The van der Waals surface area contributed by atoms with E-state index in [1.54, 1.807) is 0 Å². The summed E-state index contributed by atoms with van der Waals surface area (Å²) in [6.45, 7) is 2.58. The minimum Gasteiger partial charge on any atom is -0.387 e. The molecule has 3 N–H and O–H groups in total. The fourth-order valence-corrected chi connectivity index (χ4v) is 8.94. The second-order valence-corrected chi connectivity index (χ2v) is 9.82. The van der Waals surface area contributed by atoms with Crippen molar-refractivity contribution in [2.75, 3.05) is 31.1 Å². The summed E-state index contributed by atoms with van der Waals surface area (Å²) in [7, 11) is 0. The quantitative estimate of drug-likeness (QED) is 0.383. The van der Waals surface area contributed by atoms with E-state index in [1.165, 1.54) is 12.8 Å². The molecule has 4 nitrogen and oxygen atoms in total. The lowest BCUT2D eigenvalue weighted by Gasteiger charge is -2.51. The molecule has 6 heteroatoms. The topological polar surface area (TPSA) is 61.9 Å². The molecule has 0 radical (unpaired) electrons. The SMILES string of the molecule is I.NC(=NCC1(O)C2C3CC4C5C3CC2C5C41)N1CCSCC1. The molecule has 1 heterocycles. The number of hydrogen-bond donors (Lipinski definition) is 2. The van der Waals surface area contributed by atoms with Crippen LogP contribution < -0.4 is 5.73 Å². The van der Waals surface area contributed by atoms with Crippen molar-refractivity contribution in [2.45, 2.75) is 18.4 Å².